The summed E-state index contributed by atoms with van der Waals surface area (Å²) in [7, 11) is 0. The van der Waals surface area contributed by atoms with Crippen molar-refractivity contribution in [2.45, 2.75) is 25.4 Å². The number of anilines is 1. The van der Waals surface area contributed by atoms with Crippen LogP contribution in [-0.2, 0) is 6.54 Å². The van der Waals surface area contributed by atoms with Crippen molar-refractivity contribution >= 4 is 39.8 Å². The summed E-state index contributed by atoms with van der Waals surface area (Å²) < 4.78 is 5.08. The van der Waals surface area contributed by atoms with Crippen LogP contribution >= 0.6 is 22.9 Å². The molecule has 4 rings (SSSR count). The Kier molecular flexibility index (Phi) is 6.52. The van der Waals surface area contributed by atoms with Crippen LogP contribution in [0.3, 0.4) is 0 Å². The van der Waals surface area contributed by atoms with E-state index < -0.39 is 0 Å². The second kappa shape index (κ2) is 9.47. The molecule has 1 fully saturated rings. The summed E-state index contributed by atoms with van der Waals surface area (Å²) >= 11 is 7.20. The van der Waals surface area contributed by atoms with Gasteiger partial charge in [0.05, 0.1) is 16.1 Å². The van der Waals surface area contributed by atoms with Gasteiger partial charge in [-0.25, -0.2) is 0 Å². The number of amides is 2. The summed E-state index contributed by atoms with van der Waals surface area (Å²) in [5.41, 5.74) is 1.24. The lowest BCUT2D eigenvalue weighted by atomic mass is 10.0. The Morgan fingerprint density at radius 2 is 1.83 bits per heavy atom. The van der Waals surface area contributed by atoms with Crippen LogP contribution in [0.2, 0.25) is 5.02 Å². The molecule has 2 amide bonds. The first-order valence-corrected chi connectivity index (χ1v) is 11.0. The number of furan rings is 1. The van der Waals surface area contributed by atoms with Gasteiger partial charge in [0.25, 0.3) is 11.8 Å². The molecule has 0 spiro atoms. The Balaban J connectivity index is 1.24. The van der Waals surface area contributed by atoms with Gasteiger partial charge in [-0.1, -0.05) is 23.7 Å². The third-order valence-corrected chi connectivity index (χ3v) is 6.31. The smallest absolute Gasteiger partial charge is 0.291 e. The molecule has 3 heterocycles. The third-order valence-electron chi connectivity index (χ3n) is 5.05. The second-order valence-corrected chi connectivity index (χ2v) is 8.77. The minimum atomic E-state index is -0.332. The summed E-state index contributed by atoms with van der Waals surface area (Å²) in [6, 6.07) is 14.8. The van der Waals surface area contributed by atoms with E-state index in [9.17, 15) is 9.59 Å². The molecule has 1 aliphatic rings. The quantitative estimate of drug-likeness (QED) is 0.582. The number of halogens is 1. The van der Waals surface area contributed by atoms with E-state index in [0.717, 1.165) is 37.5 Å². The van der Waals surface area contributed by atoms with E-state index in [1.165, 1.54) is 23.2 Å². The first-order chi connectivity index (χ1) is 14.6. The minimum Gasteiger partial charge on any atom is -0.459 e. The zero-order chi connectivity index (χ0) is 20.9. The Bertz CT molecular complexity index is 993. The van der Waals surface area contributed by atoms with Gasteiger partial charge in [-0.05, 0) is 54.8 Å². The Morgan fingerprint density at radius 3 is 2.53 bits per heavy atom. The molecule has 2 aromatic heterocycles. The number of rotatable bonds is 6. The van der Waals surface area contributed by atoms with Crippen LogP contribution < -0.4 is 10.6 Å². The SMILES string of the molecule is O=C(Nc1ccc(C(=O)NC2CCN(Cc3ccc(Cl)cc3)CC2)s1)c1ccco1. The number of carbonyl (C=O) groups is 2. The zero-order valence-electron chi connectivity index (χ0n) is 16.3. The van der Waals surface area contributed by atoms with Crippen LogP contribution in [0, 0.1) is 0 Å². The lowest BCUT2D eigenvalue weighted by Gasteiger charge is -2.32. The van der Waals surface area contributed by atoms with Gasteiger partial charge in [-0.2, -0.15) is 0 Å². The van der Waals surface area contributed by atoms with E-state index in [-0.39, 0.29) is 23.6 Å². The number of nitrogens with one attached hydrogen (secondary N) is 2. The Hall–Kier alpha value is -2.61. The lowest BCUT2D eigenvalue weighted by molar-refractivity contribution is 0.0912. The highest BCUT2D eigenvalue weighted by Crippen LogP contribution is 2.23. The van der Waals surface area contributed by atoms with Crippen molar-refractivity contribution in [3.63, 3.8) is 0 Å². The summed E-state index contributed by atoms with van der Waals surface area (Å²) in [5, 5.41) is 7.22. The molecule has 0 atom stereocenters. The summed E-state index contributed by atoms with van der Waals surface area (Å²) in [6.07, 6.45) is 3.27. The molecular weight excluding hydrogens is 422 g/mol. The number of nitrogens with zero attached hydrogens (tertiary/aromatic N) is 1. The maximum Gasteiger partial charge on any atom is 0.291 e. The van der Waals surface area contributed by atoms with Crippen molar-refractivity contribution in [1.82, 2.24) is 10.2 Å². The molecule has 156 valence electrons. The zero-order valence-corrected chi connectivity index (χ0v) is 17.8. The predicted octanol–water partition coefficient (Wildman–Crippen LogP) is 4.64. The first-order valence-electron chi connectivity index (χ1n) is 9.79. The van der Waals surface area contributed by atoms with Gasteiger partial charge >= 0.3 is 0 Å². The second-order valence-electron chi connectivity index (χ2n) is 7.25. The fourth-order valence-corrected chi connectivity index (χ4v) is 4.38. The van der Waals surface area contributed by atoms with Crippen LogP contribution in [0.5, 0.6) is 0 Å². The number of hydrogen-bond acceptors (Lipinski definition) is 5. The van der Waals surface area contributed by atoms with Gasteiger partial charge in [0.15, 0.2) is 5.76 Å². The third kappa shape index (κ3) is 5.30. The fourth-order valence-electron chi connectivity index (χ4n) is 3.45. The summed E-state index contributed by atoms with van der Waals surface area (Å²) in [4.78, 5) is 27.6. The number of benzene rings is 1. The van der Waals surface area contributed by atoms with Crippen LogP contribution in [0.25, 0.3) is 0 Å². The minimum absolute atomic E-state index is 0.102. The molecule has 1 saturated heterocycles. The molecule has 0 unspecified atom stereocenters. The van der Waals surface area contributed by atoms with E-state index in [1.807, 2.05) is 12.1 Å². The van der Waals surface area contributed by atoms with Gasteiger partial charge in [0.1, 0.15) is 0 Å². The Labute approximate surface area is 183 Å². The van der Waals surface area contributed by atoms with Gasteiger partial charge in [-0.15, -0.1) is 11.3 Å². The van der Waals surface area contributed by atoms with E-state index >= 15 is 0 Å². The van der Waals surface area contributed by atoms with Crippen molar-refractivity contribution in [3.05, 3.63) is 76.0 Å². The molecule has 2 N–H and O–H groups in total. The topological polar surface area (TPSA) is 74.6 Å². The number of likely N-dealkylation sites (tertiary alicyclic amines) is 1. The fraction of sp³-hybridized carbons (Fsp3) is 0.273. The molecule has 0 radical (unpaired) electrons. The van der Waals surface area contributed by atoms with Crippen LogP contribution in [0.1, 0.15) is 38.6 Å². The summed E-state index contributed by atoms with van der Waals surface area (Å²) in [5.74, 6) is -0.198. The van der Waals surface area contributed by atoms with Crippen molar-refractivity contribution in [1.29, 1.82) is 0 Å². The van der Waals surface area contributed by atoms with Crippen molar-refractivity contribution in [2.75, 3.05) is 18.4 Å². The molecule has 8 heteroatoms. The highest BCUT2D eigenvalue weighted by molar-refractivity contribution is 7.18. The number of thiophene rings is 1. The van der Waals surface area contributed by atoms with E-state index in [4.69, 9.17) is 16.0 Å². The maximum absolute atomic E-state index is 12.6. The van der Waals surface area contributed by atoms with Crippen molar-refractivity contribution < 1.29 is 14.0 Å². The van der Waals surface area contributed by atoms with Crippen LogP contribution in [0.15, 0.2) is 59.2 Å². The average Bonchev–Trinajstić information content (AvgIpc) is 3.43. The van der Waals surface area contributed by atoms with Gasteiger partial charge in [-0.3, -0.25) is 14.5 Å². The molecule has 1 aromatic carbocycles. The maximum atomic E-state index is 12.6. The molecule has 6 nitrogen and oxygen atoms in total. The average molecular weight is 444 g/mol. The highest BCUT2D eigenvalue weighted by atomic mass is 35.5. The van der Waals surface area contributed by atoms with Gasteiger partial charge in [0.2, 0.25) is 0 Å². The van der Waals surface area contributed by atoms with Crippen LogP contribution in [-0.4, -0.2) is 35.8 Å². The molecule has 0 bridgehead atoms. The first kappa shape index (κ1) is 20.7. The largest absolute Gasteiger partial charge is 0.459 e. The Morgan fingerprint density at radius 1 is 1.07 bits per heavy atom. The van der Waals surface area contributed by atoms with Crippen molar-refractivity contribution in [3.8, 4) is 0 Å². The summed E-state index contributed by atoms with van der Waals surface area (Å²) in [6.45, 7) is 2.76. The molecule has 30 heavy (non-hydrogen) atoms. The van der Waals surface area contributed by atoms with Gasteiger partial charge in [0, 0.05) is 30.7 Å². The number of piperidine rings is 1. The van der Waals surface area contributed by atoms with E-state index in [0.29, 0.717) is 9.88 Å². The monoisotopic (exact) mass is 443 g/mol. The van der Waals surface area contributed by atoms with Crippen molar-refractivity contribution in [2.24, 2.45) is 0 Å². The molecule has 0 saturated carbocycles. The number of hydrogen-bond donors (Lipinski definition) is 2. The van der Waals surface area contributed by atoms with Gasteiger partial charge < -0.3 is 15.1 Å². The lowest BCUT2D eigenvalue weighted by Crippen LogP contribution is -2.44. The van der Waals surface area contributed by atoms with Crippen LogP contribution in [0.4, 0.5) is 5.00 Å². The molecule has 1 aliphatic heterocycles. The van der Waals surface area contributed by atoms with E-state index in [2.05, 4.69) is 27.7 Å². The molecule has 0 aliphatic carbocycles. The van der Waals surface area contributed by atoms with E-state index in [1.54, 1.807) is 24.3 Å². The standard InChI is InChI=1S/C22H22ClN3O3S/c23-16-5-3-15(4-6-16)14-26-11-9-17(10-12-26)24-22(28)19-7-8-20(30-19)25-21(27)18-2-1-13-29-18/h1-8,13,17H,9-12,14H2,(H,24,28)(H,25,27). The molecular formula is C22H22ClN3O3S. The normalized spacial score (nSPS) is 15.1. The molecule has 3 aromatic rings. The number of carbonyl (C=O) groups excluding carboxylic acids is 2. The predicted molar refractivity (Wildman–Crippen MR) is 118 cm³/mol. The highest BCUT2D eigenvalue weighted by Gasteiger charge is 2.22.